The molecule has 17 heavy (non-hydrogen) atoms. The second-order valence-corrected chi connectivity index (χ2v) is 5.02. The molecule has 1 atom stereocenters. The van der Waals surface area contributed by atoms with Crippen LogP contribution in [-0.2, 0) is 0 Å². The molecule has 1 nitrogen and oxygen atoms in total. The van der Waals surface area contributed by atoms with E-state index in [1.165, 1.54) is 9.13 Å². The summed E-state index contributed by atoms with van der Waals surface area (Å²) in [6, 6.07) is 18.8. The Morgan fingerprint density at radius 2 is 1.65 bits per heavy atom. The number of benzene rings is 2. The minimum Gasteiger partial charge on any atom is -0.375 e. The summed E-state index contributed by atoms with van der Waals surface area (Å²) < 4.78 is 1.24. The molecule has 0 aliphatic rings. The van der Waals surface area contributed by atoms with Crippen molar-refractivity contribution in [1.82, 2.24) is 0 Å². The first kappa shape index (κ1) is 12.2. The van der Waals surface area contributed by atoms with E-state index < -0.39 is 0 Å². The van der Waals surface area contributed by atoms with Crippen LogP contribution in [0.1, 0.15) is 11.6 Å². The van der Waals surface area contributed by atoms with Crippen molar-refractivity contribution >= 4 is 28.3 Å². The topological polar surface area (TPSA) is 12.0 Å². The van der Waals surface area contributed by atoms with Gasteiger partial charge in [-0.2, -0.15) is 0 Å². The first-order valence-corrected chi connectivity index (χ1v) is 6.57. The lowest BCUT2D eigenvalue weighted by atomic mass is 10.1. The maximum atomic E-state index is 3.89. The van der Waals surface area contributed by atoms with E-state index in [2.05, 4.69) is 70.9 Å². The molecular weight excluding hydrogens is 321 g/mol. The minimum absolute atomic E-state index is 0.149. The van der Waals surface area contributed by atoms with Crippen molar-refractivity contribution in [3.05, 3.63) is 76.4 Å². The van der Waals surface area contributed by atoms with Gasteiger partial charge in [0, 0.05) is 9.26 Å². The zero-order chi connectivity index (χ0) is 12.1. The monoisotopic (exact) mass is 335 g/mol. The number of nitrogens with one attached hydrogen (secondary N) is 1. The molecule has 0 saturated carbocycles. The first-order chi connectivity index (χ1) is 8.29. The van der Waals surface area contributed by atoms with Gasteiger partial charge in [0.2, 0.25) is 0 Å². The molecule has 0 amide bonds. The van der Waals surface area contributed by atoms with Crippen LogP contribution in [0.15, 0.2) is 67.3 Å². The molecule has 0 aromatic heterocycles. The summed E-state index contributed by atoms with van der Waals surface area (Å²) >= 11 is 2.30. The fraction of sp³-hybridized carbons (Fsp3) is 0.0667. The molecule has 0 saturated heterocycles. The van der Waals surface area contributed by atoms with Crippen LogP contribution in [0, 0.1) is 3.57 Å². The third-order valence-corrected chi connectivity index (χ3v) is 3.28. The summed E-state index contributed by atoms with van der Waals surface area (Å²) in [6.45, 7) is 3.89. The van der Waals surface area contributed by atoms with Gasteiger partial charge in [0.15, 0.2) is 0 Å². The average Bonchev–Trinajstić information content (AvgIpc) is 2.39. The lowest BCUT2D eigenvalue weighted by Gasteiger charge is -2.16. The summed E-state index contributed by atoms with van der Waals surface area (Å²) in [5.74, 6) is 0. The summed E-state index contributed by atoms with van der Waals surface area (Å²) in [5, 5.41) is 3.45. The van der Waals surface area contributed by atoms with Gasteiger partial charge < -0.3 is 5.32 Å². The zero-order valence-electron chi connectivity index (χ0n) is 9.44. The Hall–Kier alpha value is -1.29. The number of anilines is 1. The molecule has 0 spiro atoms. The van der Waals surface area contributed by atoms with E-state index in [1.807, 2.05) is 24.3 Å². The second-order valence-electron chi connectivity index (χ2n) is 3.78. The Kier molecular flexibility index (Phi) is 4.20. The van der Waals surface area contributed by atoms with E-state index in [0.29, 0.717) is 0 Å². The molecule has 86 valence electrons. The van der Waals surface area contributed by atoms with Crippen molar-refractivity contribution in [1.29, 1.82) is 0 Å². The molecule has 0 aliphatic heterocycles. The third kappa shape index (κ3) is 3.33. The fourth-order valence-corrected chi connectivity index (χ4v) is 2.02. The molecule has 2 heteroatoms. The van der Waals surface area contributed by atoms with Gasteiger partial charge in [-0.05, 0) is 52.4 Å². The first-order valence-electron chi connectivity index (χ1n) is 5.49. The van der Waals surface area contributed by atoms with E-state index >= 15 is 0 Å². The molecule has 0 bridgehead atoms. The molecule has 0 radical (unpaired) electrons. The van der Waals surface area contributed by atoms with Gasteiger partial charge >= 0.3 is 0 Å². The predicted octanol–water partition coefficient (Wildman–Crippen LogP) is 4.63. The largest absolute Gasteiger partial charge is 0.375 e. The van der Waals surface area contributed by atoms with E-state index in [-0.39, 0.29) is 6.04 Å². The normalized spacial score (nSPS) is 11.8. The van der Waals surface area contributed by atoms with Gasteiger partial charge in [-0.1, -0.05) is 36.4 Å². The Balaban J connectivity index is 2.16. The zero-order valence-corrected chi connectivity index (χ0v) is 11.6. The molecule has 0 unspecified atom stereocenters. The van der Waals surface area contributed by atoms with Crippen LogP contribution in [0.4, 0.5) is 5.69 Å². The van der Waals surface area contributed by atoms with Crippen LogP contribution in [0.3, 0.4) is 0 Å². The van der Waals surface area contributed by atoms with Crippen molar-refractivity contribution in [2.75, 3.05) is 5.32 Å². The molecule has 2 aromatic rings. The fourth-order valence-electron chi connectivity index (χ4n) is 1.66. The molecule has 0 fully saturated rings. The smallest absolute Gasteiger partial charge is 0.0695 e. The van der Waals surface area contributed by atoms with E-state index in [1.54, 1.807) is 0 Å². The molecule has 2 rings (SSSR count). The van der Waals surface area contributed by atoms with Crippen LogP contribution in [0.25, 0.3) is 0 Å². The van der Waals surface area contributed by atoms with E-state index in [4.69, 9.17) is 0 Å². The number of halogens is 1. The predicted molar refractivity (Wildman–Crippen MR) is 82.2 cm³/mol. The number of hydrogen-bond donors (Lipinski definition) is 1. The summed E-state index contributed by atoms with van der Waals surface area (Å²) in [6.07, 6.45) is 1.92. The van der Waals surface area contributed by atoms with E-state index in [0.717, 1.165) is 5.69 Å². The molecule has 0 heterocycles. The highest BCUT2D eigenvalue weighted by Gasteiger charge is 2.05. The van der Waals surface area contributed by atoms with Crippen molar-refractivity contribution in [2.45, 2.75) is 6.04 Å². The van der Waals surface area contributed by atoms with Gasteiger partial charge in [-0.15, -0.1) is 6.58 Å². The second kappa shape index (κ2) is 5.87. The summed E-state index contributed by atoms with van der Waals surface area (Å²) in [7, 11) is 0. The van der Waals surface area contributed by atoms with Crippen LogP contribution in [-0.4, -0.2) is 0 Å². The lowest BCUT2D eigenvalue weighted by Crippen LogP contribution is -2.07. The maximum absolute atomic E-state index is 3.89. The van der Waals surface area contributed by atoms with Crippen molar-refractivity contribution < 1.29 is 0 Å². The molecule has 0 aliphatic carbocycles. The van der Waals surface area contributed by atoms with Crippen molar-refractivity contribution in [2.24, 2.45) is 0 Å². The van der Waals surface area contributed by atoms with Gasteiger partial charge in [-0.25, -0.2) is 0 Å². The molecule has 2 aromatic carbocycles. The Bertz CT molecular complexity index is 476. The summed E-state index contributed by atoms with van der Waals surface area (Å²) in [4.78, 5) is 0. The minimum atomic E-state index is 0.149. The Labute approximate surface area is 116 Å². The third-order valence-electron chi connectivity index (χ3n) is 2.56. The van der Waals surface area contributed by atoms with Crippen LogP contribution < -0.4 is 5.32 Å². The molecular formula is C15H14IN. The van der Waals surface area contributed by atoms with E-state index in [9.17, 15) is 0 Å². The van der Waals surface area contributed by atoms with Gasteiger partial charge in [0.1, 0.15) is 0 Å². The highest BCUT2D eigenvalue weighted by molar-refractivity contribution is 14.1. The standard InChI is InChI=1S/C15H14IN/c1-2-15(12-6-4-3-5-7-12)17-14-10-8-13(16)9-11-14/h2-11,15,17H,1H2/t15-/m0/s1. The average molecular weight is 335 g/mol. The quantitative estimate of drug-likeness (QED) is 0.634. The van der Waals surface area contributed by atoms with Crippen molar-refractivity contribution in [3.8, 4) is 0 Å². The number of hydrogen-bond acceptors (Lipinski definition) is 1. The maximum Gasteiger partial charge on any atom is 0.0695 e. The molecule has 1 N–H and O–H groups in total. The van der Waals surface area contributed by atoms with Crippen LogP contribution in [0.2, 0.25) is 0 Å². The Morgan fingerprint density at radius 3 is 2.24 bits per heavy atom. The van der Waals surface area contributed by atoms with Crippen LogP contribution >= 0.6 is 22.6 Å². The number of rotatable bonds is 4. The van der Waals surface area contributed by atoms with Gasteiger partial charge in [-0.3, -0.25) is 0 Å². The highest BCUT2D eigenvalue weighted by Crippen LogP contribution is 2.20. The lowest BCUT2D eigenvalue weighted by molar-refractivity contribution is 0.988. The van der Waals surface area contributed by atoms with Gasteiger partial charge in [0.05, 0.1) is 6.04 Å². The SMILES string of the molecule is C=C[C@H](Nc1ccc(I)cc1)c1ccccc1. The summed E-state index contributed by atoms with van der Waals surface area (Å²) in [5.41, 5.74) is 2.33. The Morgan fingerprint density at radius 1 is 1.00 bits per heavy atom. The van der Waals surface area contributed by atoms with Crippen molar-refractivity contribution in [3.63, 3.8) is 0 Å². The highest BCUT2D eigenvalue weighted by atomic mass is 127. The van der Waals surface area contributed by atoms with Crippen LogP contribution in [0.5, 0.6) is 0 Å². The van der Waals surface area contributed by atoms with Gasteiger partial charge in [0.25, 0.3) is 0 Å².